The van der Waals surface area contributed by atoms with Gasteiger partial charge in [-0.25, -0.2) is 19.3 Å². The molecular weight excluding hydrogens is 280 g/mol. The quantitative estimate of drug-likeness (QED) is 0.590. The average molecular weight is 294 g/mol. The zero-order valence-electron chi connectivity index (χ0n) is 11.5. The van der Waals surface area contributed by atoms with Crippen LogP contribution in [-0.4, -0.2) is 44.7 Å². The van der Waals surface area contributed by atoms with Crippen molar-refractivity contribution in [3.8, 4) is 0 Å². The Morgan fingerprint density at radius 1 is 1.29 bits per heavy atom. The second-order valence-electron chi connectivity index (χ2n) is 4.01. The monoisotopic (exact) mass is 294 g/mol. The van der Waals surface area contributed by atoms with Gasteiger partial charge in [-0.05, 0) is 13.8 Å². The second-order valence-corrected chi connectivity index (χ2v) is 4.01. The molecule has 0 amide bonds. The van der Waals surface area contributed by atoms with Gasteiger partial charge in [-0.2, -0.15) is 5.10 Å². The van der Waals surface area contributed by atoms with E-state index < -0.39 is 23.5 Å². The molecule has 0 saturated carbocycles. The highest BCUT2D eigenvalue weighted by Gasteiger charge is 2.33. The molecule has 9 heteroatoms. The molecule has 2 aromatic heterocycles. The average Bonchev–Trinajstić information content (AvgIpc) is 2.81. The Kier molecular flexibility index (Phi) is 4.31. The number of hydrogen-bond donors (Lipinski definition) is 1. The Morgan fingerprint density at radius 2 is 1.90 bits per heavy atom. The third kappa shape index (κ3) is 2.91. The molecule has 21 heavy (non-hydrogen) atoms. The van der Waals surface area contributed by atoms with Crippen molar-refractivity contribution in [1.29, 1.82) is 0 Å². The maximum atomic E-state index is 11.9. The highest BCUT2D eigenvalue weighted by molar-refractivity contribution is 6.00. The number of hydrogen-bond acceptors (Lipinski definition) is 7. The van der Waals surface area contributed by atoms with Crippen LogP contribution in [0.1, 0.15) is 25.5 Å². The summed E-state index contributed by atoms with van der Waals surface area (Å²) in [6.45, 7) is 3.51. The number of nitrogens with one attached hydrogen (secondary N) is 1. The number of rotatable bonds is 5. The lowest BCUT2D eigenvalue weighted by atomic mass is 10.1. The van der Waals surface area contributed by atoms with E-state index in [9.17, 15) is 14.4 Å². The highest BCUT2D eigenvalue weighted by atomic mass is 16.6. The van der Waals surface area contributed by atoms with Crippen LogP contribution in [0.3, 0.4) is 0 Å². The largest absolute Gasteiger partial charge is 0.465 e. The van der Waals surface area contributed by atoms with Crippen LogP contribution in [0, 0.1) is 0 Å². The lowest BCUT2D eigenvalue weighted by Crippen LogP contribution is -2.27. The Morgan fingerprint density at radius 3 is 2.48 bits per heavy atom. The van der Waals surface area contributed by atoms with Gasteiger partial charge in [0.15, 0.2) is 11.6 Å². The zero-order valence-corrected chi connectivity index (χ0v) is 11.5. The smallest absolute Gasteiger partial charge is 0.348 e. The third-order valence-electron chi connectivity index (χ3n) is 2.67. The first-order chi connectivity index (χ1) is 10.1. The summed E-state index contributed by atoms with van der Waals surface area (Å²) in [5, 5.41) is 5.99. The van der Waals surface area contributed by atoms with Crippen LogP contribution in [0.4, 0.5) is 0 Å². The summed E-state index contributed by atoms with van der Waals surface area (Å²) < 4.78 is 10.9. The van der Waals surface area contributed by atoms with E-state index in [1.165, 1.54) is 12.4 Å². The Hall–Kier alpha value is -2.71. The zero-order chi connectivity index (χ0) is 15.4. The standard InChI is InChI=1S/C12H14N4O5/c1-3-20-10(17)9(11(18)21-4-2)7-5-8-14-15-12(19)16(8)6-13-7/h5-6,9H,3-4H2,1-2H3,(H,15,19). The van der Waals surface area contributed by atoms with E-state index >= 15 is 0 Å². The van der Waals surface area contributed by atoms with Gasteiger partial charge in [0, 0.05) is 6.07 Å². The summed E-state index contributed by atoms with van der Waals surface area (Å²) in [4.78, 5) is 39.2. The molecule has 0 aliphatic rings. The number of aromatic amines is 1. The van der Waals surface area contributed by atoms with Gasteiger partial charge in [0.2, 0.25) is 0 Å². The van der Waals surface area contributed by atoms with Gasteiger partial charge in [-0.3, -0.25) is 9.59 Å². The van der Waals surface area contributed by atoms with Crippen LogP contribution in [0.15, 0.2) is 17.2 Å². The molecule has 2 heterocycles. The van der Waals surface area contributed by atoms with Crippen molar-refractivity contribution in [3.63, 3.8) is 0 Å². The number of ether oxygens (including phenoxy) is 2. The Balaban J connectivity index is 2.44. The molecule has 2 rings (SSSR count). The number of nitrogens with zero attached hydrogens (tertiary/aromatic N) is 3. The number of esters is 2. The van der Waals surface area contributed by atoms with Crippen molar-refractivity contribution < 1.29 is 19.1 Å². The molecule has 0 fully saturated rings. The van der Waals surface area contributed by atoms with Crippen LogP contribution in [-0.2, 0) is 19.1 Å². The molecule has 0 bridgehead atoms. The maximum absolute atomic E-state index is 11.9. The van der Waals surface area contributed by atoms with E-state index in [1.54, 1.807) is 13.8 Å². The van der Waals surface area contributed by atoms with Crippen LogP contribution in [0.25, 0.3) is 5.65 Å². The molecule has 1 N–H and O–H groups in total. The summed E-state index contributed by atoms with van der Waals surface area (Å²) in [6, 6.07) is 1.36. The molecule has 0 saturated heterocycles. The molecule has 0 radical (unpaired) electrons. The van der Waals surface area contributed by atoms with Crippen molar-refractivity contribution in [1.82, 2.24) is 19.6 Å². The fourth-order valence-corrected chi connectivity index (χ4v) is 1.77. The number of aromatic nitrogens is 4. The Labute approximate surface area is 118 Å². The second kappa shape index (κ2) is 6.16. The lowest BCUT2D eigenvalue weighted by molar-refractivity contribution is -0.157. The van der Waals surface area contributed by atoms with E-state index in [4.69, 9.17) is 9.47 Å². The summed E-state index contributed by atoms with van der Waals surface area (Å²) in [7, 11) is 0. The summed E-state index contributed by atoms with van der Waals surface area (Å²) >= 11 is 0. The fourth-order valence-electron chi connectivity index (χ4n) is 1.77. The normalized spacial score (nSPS) is 10.8. The maximum Gasteiger partial charge on any atom is 0.348 e. The van der Waals surface area contributed by atoms with Crippen molar-refractivity contribution in [2.45, 2.75) is 19.8 Å². The summed E-state index contributed by atoms with van der Waals surface area (Å²) in [5.41, 5.74) is -0.116. The van der Waals surface area contributed by atoms with Crippen LogP contribution in [0.2, 0.25) is 0 Å². The molecule has 112 valence electrons. The van der Waals surface area contributed by atoms with Crippen molar-refractivity contribution in [3.05, 3.63) is 28.6 Å². The van der Waals surface area contributed by atoms with Crippen LogP contribution < -0.4 is 5.69 Å². The number of fused-ring (bicyclic) bond motifs is 1. The van der Waals surface area contributed by atoms with Crippen molar-refractivity contribution >= 4 is 17.6 Å². The number of carbonyl (C=O) groups is 2. The number of carbonyl (C=O) groups excluding carboxylic acids is 2. The number of H-pyrrole nitrogens is 1. The SMILES string of the molecule is CCOC(=O)C(C(=O)OCC)c1cc2n[nH]c(=O)n2cn1. The highest BCUT2D eigenvalue weighted by Crippen LogP contribution is 2.18. The van der Waals surface area contributed by atoms with E-state index in [-0.39, 0.29) is 24.6 Å². The first-order valence-corrected chi connectivity index (χ1v) is 6.34. The van der Waals surface area contributed by atoms with Gasteiger partial charge in [0.05, 0.1) is 18.9 Å². The summed E-state index contributed by atoms with van der Waals surface area (Å²) in [6.07, 6.45) is 1.18. The first kappa shape index (κ1) is 14.7. The van der Waals surface area contributed by atoms with Gasteiger partial charge in [-0.1, -0.05) is 0 Å². The van der Waals surface area contributed by atoms with E-state index in [1.807, 2.05) is 0 Å². The molecule has 9 nitrogen and oxygen atoms in total. The van der Waals surface area contributed by atoms with Gasteiger partial charge in [0.25, 0.3) is 0 Å². The van der Waals surface area contributed by atoms with Gasteiger partial charge in [0.1, 0.15) is 6.33 Å². The minimum absolute atomic E-state index is 0.110. The first-order valence-electron chi connectivity index (χ1n) is 6.34. The van der Waals surface area contributed by atoms with Crippen molar-refractivity contribution in [2.75, 3.05) is 13.2 Å². The molecule has 2 aromatic rings. The molecule has 0 spiro atoms. The van der Waals surface area contributed by atoms with Gasteiger partial charge >= 0.3 is 17.6 Å². The molecular formula is C12H14N4O5. The van der Waals surface area contributed by atoms with Crippen molar-refractivity contribution in [2.24, 2.45) is 0 Å². The third-order valence-corrected chi connectivity index (χ3v) is 2.67. The molecule has 0 aliphatic carbocycles. The lowest BCUT2D eigenvalue weighted by Gasteiger charge is -2.13. The van der Waals surface area contributed by atoms with Gasteiger partial charge in [-0.15, -0.1) is 0 Å². The fraction of sp³-hybridized carbons (Fsp3) is 0.417. The van der Waals surface area contributed by atoms with E-state index in [2.05, 4.69) is 15.2 Å². The van der Waals surface area contributed by atoms with Gasteiger partial charge < -0.3 is 9.47 Å². The van der Waals surface area contributed by atoms with Crippen LogP contribution in [0.5, 0.6) is 0 Å². The minimum atomic E-state index is -1.30. The molecule has 0 atom stereocenters. The van der Waals surface area contributed by atoms with E-state index in [0.29, 0.717) is 0 Å². The van der Waals surface area contributed by atoms with E-state index in [0.717, 1.165) is 4.40 Å². The molecule has 0 unspecified atom stereocenters. The Bertz CT molecular complexity index is 702. The topological polar surface area (TPSA) is 116 Å². The molecule has 0 aliphatic heterocycles. The molecule has 0 aromatic carbocycles. The minimum Gasteiger partial charge on any atom is -0.465 e. The predicted molar refractivity (Wildman–Crippen MR) is 69.6 cm³/mol. The summed E-state index contributed by atoms with van der Waals surface area (Å²) in [5.74, 6) is -2.82. The van der Waals surface area contributed by atoms with Crippen LogP contribution >= 0.6 is 0 Å². The predicted octanol–water partition coefficient (Wildman–Crippen LogP) is -0.373.